The van der Waals surface area contributed by atoms with E-state index < -0.39 is 11.9 Å². The molecule has 1 saturated carbocycles. The molecule has 3 atom stereocenters. The molecule has 0 saturated heterocycles. The lowest BCUT2D eigenvalue weighted by molar-refractivity contribution is -0.145. The van der Waals surface area contributed by atoms with Crippen LogP contribution in [0.5, 0.6) is 0 Å². The van der Waals surface area contributed by atoms with Gasteiger partial charge in [-0.05, 0) is 19.3 Å². The first-order valence-corrected chi connectivity index (χ1v) is 7.06. The molecule has 20 heavy (non-hydrogen) atoms. The number of hydrogen-bond donors (Lipinski definition) is 2. The predicted octanol–water partition coefficient (Wildman–Crippen LogP) is 0.718. The van der Waals surface area contributed by atoms with Crippen molar-refractivity contribution >= 4 is 17.8 Å². The maximum Gasteiger partial charge on any atom is 0.306 e. The molecular weight excluding hydrogens is 260 g/mol. The summed E-state index contributed by atoms with van der Waals surface area (Å²) in [5, 5.41) is 11.6. The van der Waals surface area contributed by atoms with Crippen molar-refractivity contribution in [3.05, 3.63) is 0 Å². The van der Waals surface area contributed by atoms with Crippen LogP contribution in [0.25, 0.3) is 0 Å². The number of carbonyl (C=O) groups is 3. The molecule has 2 N–H and O–H groups in total. The molecule has 1 aliphatic rings. The zero-order chi connectivity index (χ0) is 15.3. The first-order chi connectivity index (χ1) is 9.36. The van der Waals surface area contributed by atoms with E-state index in [1.54, 1.807) is 25.9 Å². The Bertz CT molecular complexity index is 383. The minimum atomic E-state index is -0.816. The number of nitrogens with one attached hydrogen (secondary N) is 1. The fourth-order valence-corrected chi connectivity index (χ4v) is 2.78. The SMILES string of the molecule is CNC(=O)C(C)CN(C)C(=O)C1CCCC(C(=O)O)C1. The maximum absolute atomic E-state index is 12.3. The van der Waals surface area contributed by atoms with Gasteiger partial charge in [0, 0.05) is 26.6 Å². The summed E-state index contributed by atoms with van der Waals surface area (Å²) in [5.74, 6) is -1.88. The number of carboxylic acids is 1. The van der Waals surface area contributed by atoms with E-state index in [1.165, 1.54) is 0 Å². The monoisotopic (exact) mass is 284 g/mol. The number of nitrogens with zero attached hydrogens (tertiary/aromatic N) is 1. The lowest BCUT2D eigenvalue weighted by atomic mass is 9.80. The van der Waals surface area contributed by atoms with Gasteiger partial charge in [0.05, 0.1) is 11.8 Å². The molecular formula is C14H24N2O4. The van der Waals surface area contributed by atoms with Crippen LogP contribution < -0.4 is 5.32 Å². The first-order valence-electron chi connectivity index (χ1n) is 7.06. The topological polar surface area (TPSA) is 86.7 Å². The van der Waals surface area contributed by atoms with Crippen molar-refractivity contribution in [3.63, 3.8) is 0 Å². The second-order valence-electron chi connectivity index (χ2n) is 5.63. The molecule has 0 aromatic heterocycles. The van der Waals surface area contributed by atoms with Crippen LogP contribution in [0.4, 0.5) is 0 Å². The van der Waals surface area contributed by atoms with Crippen LogP contribution in [0.15, 0.2) is 0 Å². The van der Waals surface area contributed by atoms with Gasteiger partial charge in [-0.2, -0.15) is 0 Å². The Labute approximate surface area is 119 Å². The van der Waals surface area contributed by atoms with Crippen LogP contribution in [-0.4, -0.2) is 48.4 Å². The molecule has 0 aromatic rings. The van der Waals surface area contributed by atoms with Gasteiger partial charge in [-0.1, -0.05) is 13.3 Å². The molecule has 1 aliphatic carbocycles. The van der Waals surface area contributed by atoms with Crippen molar-refractivity contribution in [3.8, 4) is 0 Å². The smallest absolute Gasteiger partial charge is 0.306 e. The Balaban J connectivity index is 2.55. The molecule has 114 valence electrons. The van der Waals surface area contributed by atoms with Gasteiger partial charge in [-0.3, -0.25) is 14.4 Å². The summed E-state index contributed by atoms with van der Waals surface area (Å²) in [6, 6.07) is 0. The van der Waals surface area contributed by atoms with Crippen LogP contribution in [0.2, 0.25) is 0 Å². The van der Waals surface area contributed by atoms with E-state index in [0.29, 0.717) is 19.4 Å². The van der Waals surface area contributed by atoms with Gasteiger partial charge in [0.2, 0.25) is 11.8 Å². The van der Waals surface area contributed by atoms with E-state index in [0.717, 1.165) is 12.8 Å². The molecule has 1 rings (SSSR count). The van der Waals surface area contributed by atoms with Gasteiger partial charge in [0.15, 0.2) is 0 Å². The summed E-state index contributed by atoms with van der Waals surface area (Å²) in [4.78, 5) is 36.3. The summed E-state index contributed by atoms with van der Waals surface area (Å²) in [6.45, 7) is 2.12. The minimum Gasteiger partial charge on any atom is -0.481 e. The van der Waals surface area contributed by atoms with E-state index in [-0.39, 0.29) is 23.7 Å². The molecule has 0 spiro atoms. The van der Waals surface area contributed by atoms with E-state index in [4.69, 9.17) is 5.11 Å². The summed E-state index contributed by atoms with van der Waals surface area (Å²) in [7, 11) is 3.24. The predicted molar refractivity (Wildman–Crippen MR) is 74.0 cm³/mol. The lowest BCUT2D eigenvalue weighted by Gasteiger charge is -2.30. The van der Waals surface area contributed by atoms with Gasteiger partial charge < -0.3 is 15.3 Å². The number of rotatable bonds is 5. The van der Waals surface area contributed by atoms with E-state index in [9.17, 15) is 14.4 Å². The van der Waals surface area contributed by atoms with Gasteiger partial charge in [0.1, 0.15) is 0 Å². The maximum atomic E-state index is 12.3. The van der Waals surface area contributed by atoms with Crippen molar-refractivity contribution in [2.24, 2.45) is 17.8 Å². The van der Waals surface area contributed by atoms with Crippen molar-refractivity contribution in [2.75, 3.05) is 20.6 Å². The number of carbonyl (C=O) groups excluding carboxylic acids is 2. The van der Waals surface area contributed by atoms with Gasteiger partial charge in [0.25, 0.3) is 0 Å². The second-order valence-corrected chi connectivity index (χ2v) is 5.63. The van der Waals surface area contributed by atoms with Gasteiger partial charge >= 0.3 is 5.97 Å². The average molecular weight is 284 g/mol. The Morgan fingerprint density at radius 1 is 1.30 bits per heavy atom. The molecule has 3 unspecified atom stereocenters. The summed E-state index contributed by atoms with van der Waals surface area (Å²) < 4.78 is 0. The average Bonchev–Trinajstić information content (AvgIpc) is 2.45. The summed E-state index contributed by atoms with van der Waals surface area (Å²) in [6.07, 6.45) is 2.57. The van der Waals surface area contributed by atoms with Crippen molar-refractivity contribution < 1.29 is 19.5 Å². The van der Waals surface area contributed by atoms with E-state index >= 15 is 0 Å². The van der Waals surface area contributed by atoms with Crippen LogP contribution in [0.3, 0.4) is 0 Å². The van der Waals surface area contributed by atoms with Crippen LogP contribution in [-0.2, 0) is 14.4 Å². The third kappa shape index (κ3) is 4.21. The van der Waals surface area contributed by atoms with Crippen molar-refractivity contribution in [1.82, 2.24) is 10.2 Å². The molecule has 1 fully saturated rings. The largest absolute Gasteiger partial charge is 0.481 e. The molecule has 2 amide bonds. The van der Waals surface area contributed by atoms with Crippen LogP contribution in [0, 0.1) is 17.8 Å². The molecule has 0 aliphatic heterocycles. The highest BCUT2D eigenvalue weighted by Crippen LogP contribution is 2.30. The van der Waals surface area contributed by atoms with Crippen molar-refractivity contribution in [2.45, 2.75) is 32.6 Å². The number of hydrogen-bond acceptors (Lipinski definition) is 3. The highest BCUT2D eigenvalue weighted by molar-refractivity contribution is 5.82. The normalized spacial score (nSPS) is 23.8. The number of carboxylic acid groups (broad SMARTS) is 1. The van der Waals surface area contributed by atoms with Gasteiger partial charge in [-0.25, -0.2) is 0 Å². The Kier molecular flexibility index (Phi) is 5.98. The Morgan fingerprint density at radius 2 is 1.90 bits per heavy atom. The molecule has 6 nitrogen and oxygen atoms in total. The van der Waals surface area contributed by atoms with E-state index in [2.05, 4.69) is 5.32 Å². The highest BCUT2D eigenvalue weighted by atomic mass is 16.4. The molecule has 0 aromatic carbocycles. The fraction of sp³-hybridized carbons (Fsp3) is 0.786. The Morgan fingerprint density at radius 3 is 2.45 bits per heavy atom. The summed E-state index contributed by atoms with van der Waals surface area (Å²) in [5.41, 5.74) is 0. The molecule has 0 bridgehead atoms. The first kappa shape index (κ1) is 16.5. The standard InChI is InChI=1S/C14H24N2O4/c1-9(12(17)15-2)8-16(3)13(18)10-5-4-6-11(7-10)14(19)20/h9-11H,4-8H2,1-3H3,(H,15,17)(H,19,20). The fourth-order valence-electron chi connectivity index (χ4n) is 2.78. The summed E-state index contributed by atoms with van der Waals surface area (Å²) >= 11 is 0. The minimum absolute atomic E-state index is 0.0493. The third-order valence-electron chi connectivity index (χ3n) is 3.99. The zero-order valence-electron chi connectivity index (χ0n) is 12.4. The lowest BCUT2D eigenvalue weighted by Crippen LogP contribution is -2.41. The number of amides is 2. The quantitative estimate of drug-likeness (QED) is 0.778. The molecule has 6 heteroatoms. The molecule has 0 radical (unpaired) electrons. The van der Waals surface area contributed by atoms with Gasteiger partial charge in [-0.15, -0.1) is 0 Å². The highest BCUT2D eigenvalue weighted by Gasteiger charge is 2.32. The molecule has 0 heterocycles. The second kappa shape index (κ2) is 7.26. The van der Waals surface area contributed by atoms with Crippen LogP contribution >= 0.6 is 0 Å². The van der Waals surface area contributed by atoms with Crippen LogP contribution in [0.1, 0.15) is 32.6 Å². The Hall–Kier alpha value is -1.59. The van der Waals surface area contributed by atoms with Crippen molar-refractivity contribution in [1.29, 1.82) is 0 Å². The zero-order valence-corrected chi connectivity index (χ0v) is 12.4. The third-order valence-corrected chi connectivity index (χ3v) is 3.99. The van der Waals surface area contributed by atoms with E-state index in [1.807, 2.05) is 0 Å². The number of aliphatic carboxylic acids is 1.